The highest BCUT2D eigenvalue weighted by atomic mass is 32.4. The minimum absolute atomic E-state index is 0.394. The first-order valence-corrected chi connectivity index (χ1v) is 8.81. The lowest BCUT2D eigenvalue weighted by Crippen LogP contribution is -2.45. The molecule has 0 aromatic heterocycles. The second kappa shape index (κ2) is 4.07. The van der Waals surface area contributed by atoms with Crippen LogP contribution in [0, 0.1) is 0 Å². The summed E-state index contributed by atoms with van der Waals surface area (Å²) in [5.74, 6) is 0. The molecule has 0 aliphatic heterocycles. The molecule has 0 bridgehead atoms. The molecule has 1 atom stereocenters. The highest BCUT2D eigenvalue weighted by Gasteiger charge is 2.39. The molecular weight excluding hydrogens is 228 g/mol. The Balaban J connectivity index is 3.27. The Morgan fingerprint density at radius 1 is 1.13 bits per heavy atom. The van der Waals surface area contributed by atoms with E-state index in [-0.39, 0.29) is 0 Å². The third kappa shape index (κ3) is 3.15. The zero-order valence-corrected chi connectivity index (χ0v) is 11.1. The Labute approximate surface area is 92.1 Å². The SMILES string of the molecule is CC(C)(C)[SiH](c1ccccc1)S(=O)(=O)O. The maximum atomic E-state index is 11.4. The van der Waals surface area contributed by atoms with Crippen LogP contribution in [0.5, 0.6) is 0 Å². The molecule has 3 nitrogen and oxygen atoms in total. The van der Waals surface area contributed by atoms with Crippen molar-refractivity contribution in [1.82, 2.24) is 0 Å². The van der Waals surface area contributed by atoms with E-state index >= 15 is 0 Å². The van der Waals surface area contributed by atoms with Gasteiger partial charge in [0.2, 0.25) is 17.5 Å². The van der Waals surface area contributed by atoms with Crippen LogP contribution in [-0.4, -0.2) is 20.9 Å². The molecule has 0 aliphatic carbocycles. The van der Waals surface area contributed by atoms with Crippen molar-refractivity contribution in [3.8, 4) is 0 Å². The summed E-state index contributed by atoms with van der Waals surface area (Å²) in [6.07, 6.45) is 0. The minimum Gasteiger partial charge on any atom is -0.291 e. The normalized spacial score (nSPS) is 14.9. The van der Waals surface area contributed by atoms with Crippen molar-refractivity contribution in [2.75, 3.05) is 0 Å². The van der Waals surface area contributed by atoms with E-state index in [4.69, 9.17) is 0 Å². The molecule has 1 unspecified atom stereocenters. The van der Waals surface area contributed by atoms with Crippen LogP contribution in [0.1, 0.15) is 20.8 Å². The van der Waals surface area contributed by atoms with Crippen LogP contribution in [0.25, 0.3) is 0 Å². The fourth-order valence-corrected chi connectivity index (χ4v) is 8.74. The van der Waals surface area contributed by atoms with Gasteiger partial charge in [-0.1, -0.05) is 51.1 Å². The monoisotopic (exact) mass is 244 g/mol. The second-order valence-corrected chi connectivity index (χ2v) is 12.1. The quantitative estimate of drug-likeness (QED) is 0.630. The second-order valence-electron chi connectivity index (χ2n) is 4.67. The summed E-state index contributed by atoms with van der Waals surface area (Å²) < 4.78 is 32.1. The van der Waals surface area contributed by atoms with Crippen LogP contribution in [0.15, 0.2) is 30.3 Å². The molecule has 0 saturated heterocycles. The largest absolute Gasteiger partial charge is 0.291 e. The van der Waals surface area contributed by atoms with Crippen LogP contribution in [0.4, 0.5) is 0 Å². The standard InChI is InChI=1S/C10H16O3SSi/c1-10(2,3)15(14(11,12)13)9-7-5-4-6-8-9/h4-8,15H,1-3H3,(H,11,12,13). The van der Waals surface area contributed by atoms with Gasteiger partial charge in [-0.25, -0.2) is 8.42 Å². The first kappa shape index (κ1) is 12.4. The third-order valence-electron chi connectivity index (χ3n) is 2.19. The average molecular weight is 244 g/mol. The first-order chi connectivity index (χ1) is 6.73. The summed E-state index contributed by atoms with van der Waals surface area (Å²) in [5, 5.41) is 0.363. The Kier molecular flexibility index (Phi) is 3.37. The fourth-order valence-electron chi connectivity index (χ4n) is 1.75. The van der Waals surface area contributed by atoms with Gasteiger partial charge in [0.1, 0.15) is 0 Å². The Bertz CT molecular complexity index is 420. The predicted molar refractivity (Wildman–Crippen MR) is 64.5 cm³/mol. The molecule has 0 saturated carbocycles. The molecule has 0 heterocycles. The van der Waals surface area contributed by atoms with Crippen molar-refractivity contribution in [2.45, 2.75) is 25.8 Å². The molecule has 0 fully saturated rings. The topological polar surface area (TPSA) is 54.4 Å². The van der Waals surface area contributed by atoms with Crippen LogP contribution in [-0.2, 0) is 9.57 Å². The maximum absolute atomic E-state index is 11.4. The molecule has 84 valence electrons. The van der Waals surface area contributed by atoms with Crippen LogP contribution in [0.3, 0.4) is 0 Å². The smallest absolute Gasteiger partial charge is 0.250 e. The molecular formula is C10H16O3SSi. The van der Waals surface area contributed by atoms with Gasteiger partial charge in [-0.05, 0) is 10.2 Å². The molecule has 15 heavy (non-hydrogen) atoms. The van der Waals surface area contributed by atoms with Gasteiger partial charge in [0.05, 0.1) is 0 Å². The first-order valence-electron chi connectivity index (χ1n) is 4.74. The van der Waals surface area contributed by atoms with E-state index < -0.39 is 22.6 Å². The molecule has 1 aromatic rings. The minimum atomic E-state index is -3.94. The van der Waals surface area contributed by atoms with E-state index in [1.54, 1.807) is 24.3 Å². The molecule has 1 N–H and O–H groups in total. The van der Waals surface area contributed by atoms with Crippen molar-refractivity contribution >= 4 is 22.7 Å². The van der Waals surface area contributed by atoms with Crippen molar-refractivity contribution in [3.63, 3.8) is 0 Å². The number of hydrogen-bond acceptors (Lipinski definition) is 2. The van der Waals surface area contributed by atoms with Gasteiger partial charge in [0.25, 0.3) is 0 Å². The van der Waals surface area contributed by atoms with Gasteiger partial charge < -0.3 is 0 Å². The molecule has 1 aromatic carbocycles. The van der Waals surface area contributed by atoms with Gasteiger partial charge in [-0.3, -0.25) is 4.55 Å². The number of benzene rings is 1. The summed E-state index contributed by atoms with van der Waals surface area (Å²) in [4.78, 5) is 0. The fraction of sp³-hybridized carbons (Fsp3) is 0.400. The van der Waals surface area contributed by atoms with E-state index in [0.717, 1.165) is 5.19 Å². The Morgan fingerprint density at radius 3 is 1.93 bits per heavy atom. The van der Waals surface area contributed by atoms with Gasteiger partial charge in [0, 0.05) is 0 Å². The van der Waals surface area contributed by atoms with Crippen molar-refractivity contribution in [3.05, 3.63) is 30.3 Å². The van der Waals surface area contributed by atoms with E-state index in [9.17, 15) is 13.0 Å². The molecule has 1 rings (SSSR count). The molecule has 0 radical (unpaired) electrons. The van der Waals surface area contributed by atoms with E-state index in [1.807, 2.05) is 26.8 Å². The highest BCUT2D eigenvalue weighted by molar-refractivity contribution is 8.15. The Hall–Kier alpha value is -0.653. The Morgan fingerprint density at radius 2 is 1.60 bits per heavy atom. The van der Waals surface area contributed by atoms with Gasteiger partial charge in [-0.15, -0.1) is 0 Å². The maximum Gasteiger partial charge on any atom is 0.250 e. The summed E-state index contributed by atoms with van der Waals surface area (Å²) in [6, 6.07) is 8.98. The lowest BCUT2D eigenvalue weighted by molar-refractivity contribution is 0.497. The van der Waals surface area contributed by atoms with Crippen LogP contribution in [0.2, 0.25) is 5.04 Å². The van der Waals surface area contributed by atoms with Crippen LogP contribution < -0.4 is 5.19 Å². The summed E-state index contributed by atoms with van der Waals surface area (Å²) >= 11 is 0. The highest BCUT2D eigenvalue weighted by Crippen LogP contribution is 2.29. The van der Waals surface area contributed by atoms with E-state index in [1.165, 1.54) is 0 Å². The van der Waals surface area contributed by atoms with E-state index in [2.05, 4.69) is 0 Å². The predicted octanol–water partition coefficient (Wildman–Crippen LogP) is 1.31. The lowest BCUT2D eigenvalue weighted by Gasteiger charge is -2.26. The molecule has 0 amide bonds. The van der Waals surface area contributed by atoms with E-state index in [0.29, 0.717) is 0 Å². The molecule has 0 spiro atoms. The summed E-state index contributed by atoms with van der Waals surface area (Å²) in [6.45, 7) is 5.56. The van der Waals surface area contributed by atoms with Gasteiger partial charge >= 0.3 is 0 Å². The number of rotatable bonds is 2. The summed E-state index contributed by atoms with van der Waals surface area (Å²) in [5.41, 5.74) is 0. The number of hydrogen-bond donors (Lipinski definition) is 1. The zero-order chi connectivity index (χ0) is 11.7. The van der Waals surface area contributed by atoms with Gasteiger partial charge in [-0.2, -0.15) is 0 Å². The van der Waals surface area contributed by atoms with Crippen molar-refractivity contribution < 1.29 is 13.0 Å². The van der Waals surface area contributed by atoms with Crippen LogP contribution >= 0.6 is 0 Å². The molecule has 5 heteroatoms. The lowest BCUT2D eigenvalue weighted by atomic mass is 10.2. The average Bonchev–Trinajstić information content (AvgIpc) is 2.00. The zero-order valence-electron chi connectivity index (χ0n) is 9.14. The van der Waals surface area contributed by atoms with Crippen molar-refractivity contribution in [2.24, 2.45) is 0 Å². The third-order valence-corrected chi connectivity index (χ3v) is 10.1. The molecule has 0 aliphatic rings. The summed E-state index contributed by atoms with van der Waals surface area (Å²) in [7, 11) is -6.38. The van der Waals surface area contributed by atoms with Gasteiger partial charge in [0.15, 0.2) is 0 Å². The van der Waals surface area contributed by atoms with Crippen molar-refractivity contribution in [1.29, 1.82) is 0 Å².